The van der Waals surface area contributed by atoms with Gasteiger partial charge in [-0.3, -0.25) is 4.79 Å². The SMILES string of the molecule is COC1CCCN(C(=O)[C@@H](N)CC(C)C)C1.Cl. The van der Waals surface area contributed by atoms with Gasteiger partial charge in [0.15, 0.2) is 0 Å². The van der Waals surface area contributed by atoms with Crippen LogP contribution in [-0.4, -0.2) is 43.2 Å². The standard InChI is InChI=1S/C12H24N2O2.ClH/c1-9(2)7-11(13)12(15)14-6-4-5-10(8-14)16-3;/h9-11H,4-8,13H2,1-3H3;1H/t10?,11-;/m0./s1. The van der Waals surface area contributed by atoms with Crippen molar-refractivity contribution in [2.24, 2.45) is 11.7 Å². The summed E-state index contributed by atoms with van der Waals surface area (Å²) in [6, 6.07) is -0.351. The molecule has 102 valence electrons. The molecule has 0 spiro atoms. The quantitative estimate of drug-likeness (QED) is 0.836. The predicted molar refractivity (Wildman–Crippen MR) is 71.3 cm³/mol. The minimum Gasteiger partial charge on any atom is -0.380 e. The van der Waals surface area contributed by atoms with E-state index in [4.69, 9.17) is 10.5 Å². The second kappa shape index (κ2) is 7.90. The zero-order valence-corrected chi connectivity index (χ0v) is 11.8. The van der Waals surface area contributed by atoms with E-state index in [-0.39, 0.29) is 30.5 Å². The van der Waals surface area contributed by atoms with Crippen molar-refractivity contribution in [1.82, 2.24) is 4.90 Å². The number of likely N-dealkylation sites (tertiary alicyclic amines) is 1. The van der Waals surface area contributed by atoms with Crippen LogP contribution in [-0.2, 0) is 9.53 Å². The van der Waals surface area contributed by atoms with Gasteiger partial charge in [0.05, 0.1) is 12.1 Å². The number of methoxy groups -OCH3 is 1. The molecule has 1 aliphatic rings. The lowest BCUT2D eigenvalue weighted by Crippen LogP contribution is -2.50. The Kier molecular flexibility index (Phi) is 7.75. The first kappa shape index (κ1) is 16.7. The average molecular weight is 265 g/mol. The van der Waals surface area contributed by atoms with Crippen LogP contribution in [0.1, 0.15) is 33.1 Å². The second-order valence-electron chi connectivity index (χ2n) is 5.02. The Labute approximate surface area is 110 Å². The third kappa shape index (κ3) is 5.23. The van der Waals surface area contributed by atoms with Gasteiger partial charge in [0.25, 0.3) is 0 Å². The van der Waals surface area contributed by atoms with Crippen LogP contribution in [0.5, 0.6) is 0 Å². The molecule has 0 aromatic carbocycles. The molecule has 0 aromatic heterocycles. The van der Waals surface area contributed by atoms with Crippen molar-refractivity contribution in [2.45, 2.75) is 45.3 Å². The lowest BCUT2D eigenvalue weighted by atomic mass is 10.0. The molecule has 0 radical (unpaired) electrons. The van der Waals surface area contributed by atoms with Gasteiger partial charge in [-0.2, -0.15) is 0 Å². The van der Waals surface area contributed by atoms with Crippen molar-refractivity contribution in [3.05, 3.63) is 0 Å². The number of hydrogen-bond acceptors (Lipinski definition) is 3. The van der Waals surface area contributed by atoms with Gasteiger partial charge in [0.1, 0.15) is 0 Å². The van der Waals surface area contributed by atoms with Crippen LogP contribution in [0.15, 0.2) is 0 Å². The molecule has 1 fully saturated rings. The Balaban J connectivity index is 0.00000256. The first-order valence-corrected chi connectivity index (χ1v) is 6.11. The number of carbonyl (C=O) groups excluding carboxylic acids is 1. The number of piperidine rings is 1. The molecule has 1 saturated heterocycles. The van der Waals surface area contributed by atoms with Crippen molar-refractivity contribution in [1.29, 1.82) is 0 Å². The van der Waals surface area contributed by atoms with Crippen LogP contribution >= 0.6 is 12.4 Å². The van der Waals surface area contributed by atoms with E-state index in [9.17, 15) is 4.79 Å². The molecule has 0 saturated carbocycles. The van der Waals surface area contributed by atoms with E-state index in [0.29, 0.717) is 12.5 Å². The summed E-state index contributed by atoms with van der Waals surface area (Å²) in [6.07, 6.45) is 3.00. The van der Waals surface area contributed by atoms with E-state index in [1.165, 1.54) is 0 Å². The van der Waals surface area contributed by atoms with Gasteiger partial charge in [-0.15, -0.1) is 12.4 Å². The largest absolute Gasteiger partial charge is 0.380 e. The Morgan fingerprint density at radius 3 is 2.71 bits per heavy atom. The summed E-state index contributed by atoms with van der Waals surface area (Å²) >= 11 is 0. The minimum absolute atomic E-state index is 0. The van der Waals surface area contributed by atoms with E-state index >= 15 is 0 Å². The van der Waals surface area contributed by atoms with Gasteiger partial charge in [0.2, 0.25) is 5.91 Å². The lowest BCUT2D eigenvalue weighted by Gasteiger charge is -2.33. The molecule has 1 aliphatic heterocycles. The Bertz CT molecular complexity index is 237. The maximum atomic E-state index is 12.0. The van der Waals surface area contributed by atoms with Crippen LogP contribution < -0.4 is 5.73 Å². The van der Waals surface area contributed by atoms with Gasteiger partial charge >= 0.3 is 0 Å². The molecule has 17 heavy (non-hydrogen) atoms. The summed E-state index contributed by atoms with van der Waals surface area (Å²) in [5.41, 5.74) is 5.90. The fraction of sp³-hybridized carbons (Fsp3) is 0.917. The molecule has 5 heteroatoms. The molecule has 2 N–H and O–H groups in total. The number of halogens is 1. The van der Waals surface area contributed by atoms with Gasteiger partial charge in [-0.1, -0.05) is 13.8 Å². The third-order valence-electron chi connectivity index (χ3n) is 3.07. The van der Waals surface area contributed by atoms with E-state index in [2.05, 4.69) is 13.8 Å². The molecular formula is C12H25ClN2O2. The summed E-state index contributed by atoms with van der Waals surface area (Å²) in [6.45, 7) is 5.69. The first-order chi connectivity index (χ1) is 7.54. The van der Waals surface area contributed by atoms with Crippen molar-refractivity contribution in [3.63, 3.8) is 0 Å². The van der Waals surface area contributed by atoms with E-state index in [0.717, 1.165) is 25.8 Å². The minimum atomic E-state index is -0.351. The smallest absolute Gasteiger partial charge is 0.239 e. The molecule has 2 atom stereocenters. The number of nitrogens with two attached hydrogens (primary N) is 1. The maximum absolute atomic E-state index is 12.0. The number of rotatable bonds is 4. The predicted octanol–water partition coefficient (Wildman–Crippen LogP) is 1.42. The molecule has 1 amide bonds. The van der Waals surface area contributed by atoms with Gasteiger partial charge in [0, 0.05) is 20.2 Å². The van der Waals surface area contributed by atoms with Crippen molar-refractivity contribution in [2.75, 3.05) is 20.2 Å². The van der Waals surface area contributed by atoms with Crippen molar-refractivity contribution < 1.29 is 9.53 Å². The average Bonchev–Trinajstić information content (AvgIpc) is 2.27. The molecule has 0 bridgehead atoms. The van der Waals surface area contributed by atoms with E-state index in [1.54, 1.807) is 7.11 Å². The Morgan fingerprint density at radius 2 is 2.18 bits per heavy atom. The molecule has 1 rings (SSSR count). The molecular weight excluding hydrogens is 240 g/mol. The Morgan fingerprint density at radius 1 is 1.53 bits per heavy atom. The second-order valence-corrected chi connectivity index (χ2v) is 5.02. The lowest BCUT2D eigenvalue weighted by molar-refractivity contribution is -0.136. The fourth-order valence-corrected chi connectivity index (χ4v) is 2.17. The van der Waals surface area contributed by atoms with Gasteiger partial charge < -0.3 is 15.4 Å². The third-order valence-corrected chi connectivity index (χ3v) is 3.07. The molecule has 4 nitrogen and oxygen atoms in total. The van der Waals surface area contributed by atoms with E-state index < -0.39 is 0 Å². The Hall–Kier alpha value is -0.320. The number of nitrogens with zero attached hydrogens (tertiary/aromatic N) is 1. The number of hydrogen-bond donors (Lipinski definition) is 1. The summed E-state index contributed by atoms with van der Waals surface area (Å²) in [5, 5.41) is 0. The van der Waals surface area contributed by atoms with Crippen molar-refractivity contribution in [3.8, 4) is 0 Å². The van der Waals surface area contributed by atoms with E-state index in [1.807, 2.05) is 4.90 Å². The molecule has 1 heterocycles. The van der Waals surface area contributed by atoms with Crippen LogP contribution in [0.3, 0.4) is 0 Å². The van der Waals surface area contributed by atoms with Crippen molar-refractivity contribution >= 4 is 18.3 Å². The number of amides is 1. The summed E-state index contributed by atoms with van der Waals surface area (Å²) in [5.74, 6) is 0.539. The zero-order chi connectivity index (χ0) is 12.1. The molecule has 1 unspecified atom stereocenters. The number of carbonyl (C=O) groups is 1. The van der Waals surface area contributed by atoms with Crippen LogP contribution in [0.4, 0.5) is 0 Å². The summed E-state index contributed by atoms with van der Waals surface area (Å²) in [4.78, 5) is 13.9. The maximum Gasteiger partial charge on any atom is 0.239 e. The highest BCUT2D eigenvalue weighted by Gasteiger charge is 2.27. The molecule has 0 aromatic rings. The molecule has 0 aliphatic carbocycles. The first-order valence-electron chi connectivity index (χ1n) is 6.11. The normalized spacial score (nSPS) is 22.2. The fourth-order valence-electron chi connectivity index (χ4n) is 2.17. The zero-order valence-electron chi connectivity index (χ0n) is 11.0. The highest BCUT2D eigenvalue weighted by molar-refractivity contribution is 5.85. The van der Waals surface area contributed by atoms with Crippen LogP contribution in [0, 0.1) is 5.92 Å². The number of ether oxygens (including phenoxy) is 1. The highest BCUT2D eigenvalue weighted by atomic mass is 35.5. The highest BCUT2D eigenvalue weighted by Crippen LogP contribution is 2.14. The van der Waals surface area contributed by atoms with Gasteiger partial charge in [-0.25, -0.2) is 0 Å². The monoisotopic (exact) mass is 264 g/mol. The summed E-state index contributed by atoms with van der Waals surface area (Å²) in [7, 11) is 1.70. The van der Waals surface area contributed by atoms with Crippen LogP contribution in [0.2, 0.25) is 0 Å². The van der Waals surface area contributed by atoms with Crippen LogP contribution in [0.25, 0.3) is 0 Å². The van der Waals surface area contributed by atoms with Gasteiger partial charge in [-0.05, 0) is 25.2 Å². The topological polar surface area (TPSA) is 55.6 Å². The summed E-state index contributed by atoms with van der Waals surface area (Å²) < 4.78 is 5.30.